The molecule has 1 aromatic heterocycles. The number of rotatable bonds is 6. The van der Waals surface area contributed by atoms with Crippen LogP contribution in [0.15, 0.2) is 6.20 Å². The summed E-state index contributed by atoms with van der Waals surface area (Å²) < 4.78 is 1.99. The number of amides is 1. The van der Waals surface area contributed by atoms with Crippen LogP contribution in [0.25, 0.3) is 0 Å². The number of nitrogens with zero attached hydrogens (tertiary/aromatic N) is 3. The summed E-state index contributed by atoms with van der Waals surface area (Å²) >= 11 is 0. The van der Waals surface area contributed by atoms with Crippen molar-refractivity contribution in [3.63, 3.8) is 0 Å². The molecule has 0 saturated carbocycles. The van der Waals surface area contributed by atoms with Crippen LogP contribution in [0.4, 0.5) is 5.95 Å². The van der Waals surface area contributed by atoms with Crippen LogP contribution >= 0.6 is 0 Å². The number of carbonyl (C=O) groups excluding carboxylic acids is 1. The minimum Gasteiger partial charge on any atom is -0.395 e. The van der Waals surface area contributed by atoms with Gasteiger partial charge in [-0.2, -0.15) is 0 Å². The van der Waals surface area contributed by atoms with Gasteiger partial charge in [-0.05, 0) is 19.3 Å². The zero-order valence-electron chi connectivity index (χ0n) is 12.3. The van der Waals surface area contributed by atoms with Crippen LogP contribution in [0.2, 0.25) is 0 Å². The molecule has 0 bridgehead atoms. The van der Waals surface area contributed by atoms with Crippen molar-refractivity contribution in [2.24, 2.45) is 0 Å². The van der Waals surface area contributed by atoms with E-state index in [0.717, 1.165) is 38.3 Å². The van der Waals surface area contributed by atoms with Crippen molar-refractivity contribution in [2.75, 3.05) is 25.0 Å². The molecule has 0 radical (unpaired) electrons. The third-order valence-electron chi connectivity index (χ3n) is 3.84. The molecule has 0 saturated heterocycles. The molecule has 2 N–H and O–H groups in total. The first-order chi connectivity index (χ1) is 9.71. The number of fused-ring (bicyclic) bond motifs is 1. The predicted octanol–water partition coefficient (Wildman–Crippen LogP) is 1.32. The van der Waals surface area contributed by atoms with E-state index in [1.54, 1.807) is 4.90 Å². The van der Waals surface area contributed by atoms with Crippen molar-refractivity contribution < 1.29 is 9.90 Å². The van der Waals surface area contributed by atoms with E-state index in [9.17, 15) is 9.90 Å². The average molecular weight is 280 g/mol. The number of anilines is 1. The van der Waals surface area contributed by atoms with E-state index in [0.29, 0.717) is 12.2 Å². The van der Waals surface area contributed by atoms with Crippen LogP contribution < -0.4 is 5.32 Å². The Labute approximate surface area is 119 Å². The van der Waals surface area contributed by atoms with E-state index in [4.69, 9.17) is 0 Å². The van der Waals surface area contributed by atoms with Gasteiger partial charge >= 0.3 is 0 Å². The second-order valence-corrected chi connectivity index (χ2v) is 5.12. The number of aromatic nitrogens is 2. The maximum atomic E-state index is 12.6. The van der Waals surface area contributed by atoms with Crippen molar-refractivity contribution >= 4 is 11.9 Å². The zero-order valence-corrected chi connectivity index (χ0v) is 12.3. The van der Waals surface area contributed by atoms with Crippen LogP contribution in [0.5, 0.6) is 0 Å². The predicted molar refractivity (Wildman–Crippen MR) is 77.8 cm³/mol. The molecule has 0 atom stereocenters. The molecule has 0 unspecified atom stereocenters. The first-order valence-electron chi connectivity index (χ1n) is 7.44. The lowest BCUT2D eigenvalue weighted by Crippen LogP contribution is -2.41. The van der Waals surface area contributed by atoms with Crippen LogP contribution in [0.1, 0.15) is 43.6 Å². The largest absolute Gasteiger partial charge is 0.395 e. The lowest BCUT2D eigenvalue weighted by Gasteiger charge is -2.29. The van der Waals surface area contributed by atoms with E-state index in [-0.39, 0.29) is 18.6 Å². The lowest BCUT2D eigenvalue weighted by molar-refractivity contribution is 0.0617. The number of aryl methyl sites for hydroxylation is 1. The molecule has 6 nitrogen and oxygen atoms in total. The standard InChI is InChI=1S/C14H24N4O2/c1-3-11(4-2)18(8-9-19)13(20)12-10-17-7-5-6-15-14(17)16-12/h10-11,19H,3-9H2,1-2H3,(H,15,16). The van der Waals surface area contributed by atoms with Gasteiger partial charge in [0.15, 0.2) is 0 Å². The van der Waals surface area contributed by atoms with Crippen LogP contribution in [-0.4, -0.2) is 51.2 Å². The summed E-state index contributed by atoms with van der Waals surface area (Å²) in [5.41, 5.74) is 0.467. The summed E-state index contributed by atoms with van der Waals surface area (Å²) in [7, 11) is 0. The van der Waals surface area contributed by atoms with Gasteiger partial charge < -0.3 is 19.9 Å². The molecule has 0 spiro atoms. The number of aliphatic hydroxyl groups is 1. The molecule has 1 aromatic rings. The molecule has 1 aliphatic rings. The Kier molecular flexibility index (Phi) is 5.00. The SMILES string of the molecule is CCC(CC)N(CCO)C(=O)c1cn2c(n1)NCCC2. The molecule has 0 aliphatic carbocycles. The van der Waals surface area contributed by atoms with Gasteiger partial charge in [-0.1, -0.05) is 13.8 Å². The summed E-state index contributed by atoms with van der Waals surface area (Å²) in [6.45, 7) is 6.26. The molecular weight excluding hydrogens is 256 g/mol. The molecule has 0 aromatic carbocycles. The Bertz CT molecular complexity index is 431. The van der Waals surface area contributed by atoms with Gasteiger partial charge in [-0.15, -0.1) is 0 Å². The van der Waals surface area contributed by atoms with Gasteiger partial charge in [0, 0.05) is 31.9 Å². The van der Waals surface area contributed by atoms with Crippen molar-refractivity contribution in [1.29, 1.82) is 0 Å². The Morgan fingerprint density at radius 2 is 2.30 bits per heavy atom. The quantitative estimate of drug-likeness (QED) is 0.824. The third kappa shape index (κ3) is 2.95. The fourth-order valence-corrected chi connectivity index (χ4v) is 2.71. The van der Waals surface area contributed by atoms with E-state index in [1.165, 1.54) is 0 Å². The smallest absolute Gasteiger partial charge is 0.274 e. The van der Waals surface area contributed by atoms with Gasteiger partial charge in [0.05, 0.1) is 6.61 Å². The van der Waals surface area contributed by atoms with Gasteiger partial charge in [0.2, 0.25) is 5.95 Å². The lowest BCUT2D eigenvalue weighted by atomic mass is 10.1. The van der Waals surface area contributed by atoms with Gasteiger partial charge in [0.25, 0.3) is 5.91 Å². The summed E-state index contributed by atoms with van der Waals surface area (Å²) in [6, 6.07) is 0.154. The highest BCUT2D eigenvalue weighted by atomic mass is 16.3. The van der Waals surface area contributed by atoms with Crippen LogP contribution in [0.3, 0.4) is 0 Å². The van der Waals surface area contributed by atoms with Crippen molar-refractivity contribution in [3.8, 4) is 0 Å². The van der Waals surface area contributed by atoms with Crippen LogP contribution in [0, 0.1) is 0 Å². The first-order valence-corrected chi connectivity index (χ1v) is 7.44. The van der Waals surface area contributed by atoms with E-state index < -0.39 is 0 Å². The topological polar surface area (TPSA) is 70.4 Å². The second kappa shape index (κ2) is 6.74. The third-order valence-corrected chi connectivity index (χ3v) is 3.84. The summed E-state index contributed by atoms with van der Waals surface area (Å²) in [5.74, 6) is 0.685. The highest BCUT2D eigenvalue weighted by Gasteiger charge is 2.25. The van der Waals surface area contributed by atoms with Crippen molar-refractivity contribution in [3.05, 3.63) is 11.9 Å². The number of nitrogens with one attached hydrogen (secondary N) is 1. The fraction of sp³-hybridized carbons (Fsp3) is 0.714. The summed E-state index contributed by atoms with van der Waals surface area (Å²) in [6.07, 6.45) is 4.63. The van der Waals surface area contributed by atoms with Gasteiger partial charge in [-0.25, -0.2) is 4.98 Å². The normalized spacial score (nSPS) is 14.0. The molecule has 6 heteroatoms. The molecular formula is C14H24N4O2. The molecule has 2 rings (SSSR count). The minimum absolute atomic E-state index is 0.0198. The number of hydrogen-bond donors (Lipinski definition) is 2. The van der Waals surface area contributed by atoms with Crippen molar-refractivity contribution in [1.82, 2.24) is 14.5 Å². The second-order valence-electron chi connectivity index (χ2n) is 5.12. The summed E-state index contributed by atoms with van der Waals surface area (Å²) in [4.78, 5) is 18.8. The molecule has 1 aliphatic heterocycles. The molecule has 112 valence electrons. The molecule has 20 heavy (non-hydrogen) atoms. The van der Waals surface area contributed by atoms with Crippen molar-refractivity contribution in [2.45, 2.75) is 45.7 Å². The molecule has 0 fully saturated rings. The maximum Gasteiger partial charge on any atom is 0.274 e. The Morgan fingerprint density at radius 1 is 1.55 bits per heavy atom. The monoisotopic (exact) mass is 280 g/mol. The minimum atomic E-state index is -0.0866. The Hall–Kier alpha value is -1.56. The highest BCUT2D eigenvalue weighted by molar-refractivity contribution is 5.93. The maximum absolute atomic E-state index is 12.6. The van der Waals surface area contributed by atoms with Gasteiger partial charge in [-0.3, -0.25) is 4.79 Å². The Balaban J connectivity index is 2.20. The Morgan fingerprint density at radius 3 is 2.90 bits per heavy atom. The van der Waals surface area contributed by atoms with Gasteiger partial charge in [0.1, 0.15) is 5.69 Å². The molecule has 1 amide bonds. The fourth-order valence-electron chi connectivity index (χ4n) is 2.71. The first kappa shape index (κ1) is 14.8. The van der Waals surface area contributed by atoms with E-state index in [1.807, 2.05) is 10.8 Å². The van der Waals surface area contributed by atoms with E-state index >= 15 is 0 Å². The summed E-state index contributed by atoms with van der Waals surface area (Å²) in [5, 5.41) is 12.4. The highest BCUT2D eigenvalue weighted by Crippen LogP contribution is 2.18. The number of carbonyl (C=O) groups is 1. The van der Waals surface area contributed by atoms with E-state index in [2.05, 4.69) is 24.1 Å². The number of imidazole rings is 1. The number of aliphatic hydroxyl groups excluding tert-OH is 1. The molecule has 2 heterocycles. The zero-order chi connectivity index (χ0) is 14.5. The van der Waals surface area contributed by atoms with Crippen LogP contribution in [-0.2, 0) is 6.54 Å². The average Bonchev–Trinajstić information content (AvgIpc) is 2.90. The number of hydrogen-bond acceptors (Lipinski definition) is 4.